The summed E-state index contributed by atoms with van der Waals surface area (Å²) in [5, 5.41) is 2.98. The summed E-state index contributed by atoms with van der Waals surface area (Å²) in [6, 6.07) is 6.76. The largest absolute Gasteiger partial charge is 0.497 e. The molecule has 2 aliphatic rings. The Morgan fingerprint density at radius 1 is 1.33 bits per heavy atom. The van der Waals surface area contributed by atoms with Crippen LogP contribution in [0.25, 0.3) is 0 Å². The summed E-state index contributed by atoms with van der Waals surface area (Å²) < 4.78 is 34.9. The standard InChI is InChI=1S/C20H21N5O4S/c1-24-10-8-21-19(24)17(14-5-3-6-15(13-14)29-2)22-20(26)16-7-4-9-25-11-12-30(27,28)23-18(16)25/h3-10,13,17H,11-12H2,1-2H3,(H,22,26). The van der Waals surface area contributed by atoms with Gasteiger partial charge in [-0.3, -0.25) is 4.79 Å². The summed E-state index contributed by atoms with van der Waals surface area (Å²) in [5.74, 6) is 0.866. The van der Waals surface area contributed by atoms with E-state index < -0.39 is 22.0 Å². The maximum Gasteiger partial charge on any atom is 0.256 e. The molecule has 1 aromatic heterocycles. The zero-order valence-corrected chi connectivity index (χ0v) is 17.3. The van der Waals surface area contributed by atoms with E-state index in [-0.39, 0.29) is 23.7 Å². The maximum atomic E-state index is 13.2. The maximum absolute atomic E-state index is 13.2. The number of carbonyl (C=O) groups is 1. The number of hydrogen-bond acceptors (Lipinski definition) is 6. The van der Waals surface area contributed by atoms with Crippen molar-refractivity contribution in [3.63, 3.8) is 0 Å². The molecule has 0 spiro atoms. The topological polar surface area (TPSA) is 106 Å². The summed E-state index contributed by atoms with van der Waals surface area (Å²) in [7, 11) is -0.191. The number of sulfonamides is 1. The molecular formula is C20H21N5O4S. The minimum Gasteiger partial charge on any atom is -0.497 e. The van der Waals surface area contributed by atoms with Gasteiger partial charge in [-0.2, -0.15) is 0 Å². The second-order valence-corrected chi connectivity index (χ2v) is 8.65. The Morgan fingerprint density at radius 3 is 2.90 bits per heavy atom. The number of nitrogens with one attached hydrogen (secondary N) is 1. The third kappa shape index (κ3) is 3.86. The number of aromatic nitrogens is 2. The van der Waals surface area contributed by atoms with E-state index in [0.717, 1.165) is 5.56 Å². The van der Waals surface area contributed by atoms with Crippen LogP contribution in [-0.2, 0) is 21.9 Å². The molecule has 1 unspecified atom stereocenters. The van der Waals surface area contributed by atoms with E-state index in [4.69, 9.17) is 4.74 Å². The first-order valence-corrected chi connectivity index (χ1v) is 10.9. The van der Waals surface area contributed by atoms with Crippen molar-refractivity contribution in [3.05, 3.63) is 72.0 Å². The number of ether oxygens (including phenoxy) is 1. The Hall–Kier alpha value is -3.40. The van der Waals surface area contributed by atoms with Gasteiger partial charge in [0.05, 0.1) is 18.4 Å². The Balaban J connectivity index is 1.70. The zero-order chi connectivity index (χ0) is 21.3. The zero-order valence-electron chi connectivity index (χ0n) is 16.5. The first kappa shape index (κ1) is 19.9. The Morgan fingerprint density at radius 2 is 2.17 bits per heavy atom. The Kier molecular flexibility index (Phi) is 5.17. The molecule has 1 atom stereocenters. The fraction of sp³-hybridized carbons (Fsp3) is 0.250. The lowest BCUT2D eigenvalue weighted by atomic mass is 10.0. The third-order valence-corrected chi connectivity index (χ3v) is 6.07. The molecule has 10 heteroatoms. The average molecular weight is 427 g/mol. The van der Waals surface area contributed by atoms with Gasteiger partial charge in [0.15, 0.2) is 5.84 Å². The number of fused-ring (bicyclic) bond motifs is 1. The van der Waals surface area contributed by atoms with Crippen LogP contribution in [0.15, 0.2) is 65.0 Å². The molecule has 156 valence electrons. The van der Waals surface area contributed by atoms with E-state index in [1.54, 1.807) is 42.8 Å². The van der Waals surface area contributed by atoms with Crippen LogP contribution in [0.1, 0.15) is 17.4 Å². The number of amides is 1. The molecule has 3 heterocycles. The first-order chi connectivity index (χ1) is 14.4. The number of rotatable bonds is 5. The van der Waals surface area contributed by atoms with Crippen LogP contribution in [0.2, 0.25) is 0 Å². The quantitative estimate of drug-likeness (QED) is 0.767. The molecule has 1 aromatic carbocycles. The molecule has 30 heavy (non-hydrogen) atoms. The normalized spacial score (nSPS) is 18.1. The van der Waals surface area contributed by atoms with E-state index in [9.17, 15) is 13.2 Å². The molecule has 4 rings (SSSR count). The van der Waals surface area contributed by atoms with E-state index >= 15 is 0 Å². The van der Waals surface area contributed by atoms with Gasteiger partial charge >= 0.3 is 0 Å². The van der Waals surface area contributed by atoms with Crippen molar-refractivity contribution in [1.82, 2.24) is 19.8 Å². The molecule has 1 N–H and O–H groups in total. The lowest BCUT2D eigenvalue weighted by Crippen LogP contribution is -2.43. The smallest absolute Gasteiger partial charge is 0.256 e. The van der Waals surface area contributed by atoms with Gasteiger partial charge < -0.3 is 19.5 Å². The number of allylic oxidation sites excluding steroid dienone is 2. The summed E-state index contributed by atoms with van der Waals surface area (Å²) >= 11 is 0. The first-order valence-electron chi connectivity index (χ1n) is 9.28. The number of methoxy groups -OCH3 is 1. The van der Waals surface area contributed by atoms with Gasteiger partial charge in [0.2, 0.25) is 0 Å². The number of carbonyl (C=O) groups excluding carboxylic acids is 1. The van der Waals surface area contributed by atoms with Crippen LogP contribution in [0.3, 0.4) is 0 Å². The van der Waals surface area contributed by atoms with E-state index in [2.05, 4.69) is 14.7 Å². The van der Waals surface area contributed by atoms with Crippen molar-refractivity contribution in [1.29, 1.82) is 0 Å². The lowest BCUT2D eigenvalue weighted by molar-refractivity contribution is -0.117. The molecule has 0 saturated carbocycles. The Bertz CT molecular complexity index is 1180. The molecule has 0 radical (unpaired) electrons. The molecule has 2 aromatic rings. The van der Waals surface area contributed by atoms with Crippen molar-refractivity contribution in [2.45, 2.75) is 6.04 Å². The predicted molar refractivity (Wildman–Crippen MR) is 111 cm³/mol. The van der Waals surface area contributed by atoms with Gasteiger partial charge in [0, 0.05) is 32.2 Å². The fourth-order valence-electron chi connectivity index (χ4n) is 3.38. The van der Waals surface area contributed by atoms with Gasteiger partial charge in [0.25, 0.3) is 15.9 Å². The molecule has 0 fully saturated rings. The molecule has 2 aliphatic heterocycles. The van der Waals surface area contributed by atoms with E-state index in [1.807, 2.05) is 35.9 Å². The highest BCUT2D eigenvalue weighted by Crippen LogP contribution is 2.25. The van der Waals surface area contributed by atoms with Crippen LogP contribution < -0.4 is 10.1 Å². The highest BCUT2D eigenvalue weighted by atomic mass is 32.2. The number of aryl methyl sites for hydroxylation is 1. The number of imidazole rings is 1. The van der Waals surface area contributed by atoms with Crippen LogP contribution in [0.4, 0.5) is 0 Å². The lowest BCUT2D eigenvalue weighted by Gasteiger charge is -2.29. The molecule has 0 saturated heterocycles. The van der Waals surface area contributed by atoms with Gasteiger partial charge in [0.1, 0.15) is 17.6 Å². The van der Waals surface area contributed by atoms with Gasteiger partial charge in [-0.05, 0) is 29.8 Å². The van der Waals surface area contributed by atoms with Crippen molar-refractivity contribution < 1.29 is 17.9 Å². The monoisotopic (exact) mass is 427 g/mol. The van der Waals surface area contributed by atoms with Crippen molar-refractivity contribution in [2.75, 3.05) is 19.4 Å². The van der Waals surface area contributed by atoms with Crippen molar-refractivity contribution in [3.8, 4) is 5.75 Å². The second-order valence-electron chi connectivity index (χ2n) is 6.90. The Labute approximate surface area is 174 Å². The highest BCUT2D eigenvalue weighted by Gasteiger charge is 2.31. The number of hydrogen-bond donors (Lipinski definition) is 1. The molecular weight excluding hydrogens is 406 g/mol. The number of nitrogens with zero attached hydrogens (tertiary/aromatic N) is 4. The highest BCUT2D eigenvalue weighted by molar-refractivity contribution is 7.90. The van der Waals surface area contributed by atoms with Crippen LogP contribution in [0.5, 0.6) is 5.75 Å². The minimum absolute atomic E-state index is 0.0879. The summed E-state index contributed by atoms with van der Waals surface area (Å²) in [5.41, 5.74) is 0.960. The number of amidine groups is 1. The van der Waals surface area contributed by atoms with Crippen LogP contribution in [0, 0.1) is 0 Å². The number of benzene rings is 1. The van der Waals surface area contributed by atoms with Crippen LogP contribution in [-0.4, -0.2) is 54.0 Å². The molecule has 9 nitrogen and oxygen atoms in total. The average Bonchev–Trinajstić information content (AvgIpc) is 3.16. The summed E-state index contributed by atoms with van der Waals surface area (Å²) in [6.07, 6.45) is 8.41. The third-order valence-electron chi connectivity index (χ3n) is 4.92. The fourth-order valence-corrected chi connectivity index (χ4v) is 4.36. The molecule has 1 amide bonds. The minimum atomic E-state index is -3.60. The predicted octanol–water partition coefficient (Wildman–Crippen LogP) is 1.13. The second kappa shape index (κ2) is 7.79. The van der Waals surface area contributed by atoms with Crippen molar-refractivity contribution >= 4 is 21.8 Å². The van der Waals surface area contributed by atoms with Crippen molar-refractivity contribution in [2.24, 2.45) is 11.4 Å². The van der Waals surface area contributed by atoms with E-state index in [1.165, 1.54) is 0 Å². The summed E-state index contributed by atoms with van der Waals surface area (Å²) in [4.78, 5) is 19.3. The molecule has 0 aliphatic carbocycles. The van der Waals surface area contributed by atoms with Gasteiger partial charge in [-0.1, -0.05) is 12.1 Å². The van der Waals surface area contributed by atoms with E-state index in [0.29, 0.717) is 11.6 Å². The summed E-state index contributed by atoms with van der Waals surface area (Å²) in [6.45, 7) is 0.251. The SMILES string of the molecule is COc1cccc(C(NC(=O)C2=CC=CN3CCS(=O)(=O)N=C23)c2nccn2C)c1. The van der Waals surface area contributed by atoms with Gasteiger partial charge in [-0.15, -0.1) is 4.40 Å². The van der Waals surface area contributed by atoms with Crippen LogP contribution >= 0.6 is 0 Å². The van der Waals surface area contributed by atoms with Gasteiger partial charge in [-0.25, -0.2) is 13.4 Å². The molecule has 0 bridgehead atoms.